The topological polar surface area (TPSA) is 114 Å². The number of carbonyl (C=O) groups is 4. The van der Waals surface area contributed by atoms with E-state index in [1.165, 1.54) is 27.9 Å². The lowest BCUT2D eigenvalue weighted by molar-refractivity contribution is -0.137. The number of anilines is 2. The second-order valence-corrected chi connectivity index (χ2v) is 15.8. The summed E-state index contributed by atoms with van der Waals surface area (Å²) >= 11 is 0. The molecule has 5 aliphatic rings. The minimum atomic E-state index is -0.624. The van der Waals surface area contributed by atoms with Gasteiger partial charge in [0.05, 0.1) is 0 Å². The van der Waals surface area contributed by atoms with Gasteiger partial charge in [0.1, 0.15) is 11.8 Å². The molecule has 1 aliphatic carbocycles. The first-order chi connectivity index (χ1) is 26.8. The van der Waals surface area contributed by atoms with E-state index in [2.05, 4.69) is 80.7 Å². The Kier molecular flexibility index (Phi) is 9.28. The number of imide groups is 1. The van der Waals surface area contributed by atoms with Crippen molar-refractivity contribution in [1.29, 1.82) is 0 Å². The van der Waals surface area contributed by atoms with E-state index >= 15 is 0 Å². The van der Waals surface area contributed by atoms with Crippen LogP contribution in [0.3, 0.4) is 0 Å². The third kappa shape index (κ3) is 6.72. The highest BCUT2D eigenvalue weighted by atomic mass is 16.3. The molecule has 3 saturated heterocycles. The van der Waals surface area contributed by atoms with Crippen LogP contribution in [0.4, 0.5) is 11.4 Å². The summed E-state index contributed by atoms with van der Waals surface area (Å²) in [4.78, 5) is 59.3. The summed E-state index contributed by atoms with van der Waals surface area (Å²) in [5.74, 6) is 0.297. The zero-order chi connectivity index (χ0) is 37.6. The molecule has 0 saturated carbocycles. The summed E-state index contributed by atoms with van der Waals surface area (Å²) in [5, 5.41) is 12.6. The van der Waals surface area contributed by atoms with Crippen LogP contribution in [0.5, 0.6) is 5.75 Å². The van der Waals surface area contributed by atoms with Crippen molar-refractivity contribution in [2.24, 2.45) is 5.92 Å². The number of nitrogens with zero attached hydrogens (tertiary/aromatic N) is 4. The first-order valence-electron chi connectivity index (χ1n) is 19.8. The highest BCUT2D eigenvalue weighted by molar-refractivity contribution is 6.05. The van der Waals surface area contributed by atoms with Crippen molar-refractivity contribution in [3.05, 3.63) is 124 Å². The summed E-state index contributed by atoms with van der Waals surface area (Å²) < 4.78 is 0. The highest BCUT2D eigenvalue weighted by Crippen LogP contribution is 2.47. The van der Waals surface area contributed by atoms with E-state index in [0.717, 1.165) is 63.1 Å². The molecule has 55 heavy (non-hydrogen) atoms. The molecule has 0 spiro atoms. The van der Waals surface area contributed by atoms with Gasteiger partial charge < -0.3 is 24.7 Å². The number of rotatable bonds is 6. The molecular formula is C45H47N5O5. The lowest BCUT2D eigenvalue weighted by Crippen LogP contribution is -2.52. The van der Waals surface area contributed by atoms with Crippen LogP contribution in [0.1, 0.15) is 82.1 Å². The van der Waals surface area contributed by atoms with Crippen LogP contribution in [0.25, 0.3) is 0 Å². The van der Waals surface area contributed by atoms with Crippen LogP contribution in [-0.4, -0.2) is 83.8 Å². The molecular weight excluding hydrogens is 691 g/mol. The Labute approximate surface area is 321 Å². The van der Waals surface area contributed by atoms with Gasteiger partial charge in [-0.2, -0.15) is 0 Å². The highest BCUT2D eigenvalue weighted by Gasteiger charge is 2.40. The van der Waals surface area contributed by atoms with Crippen LogP contribution in [0.15, 0.2) is 91.0 Å². The second kappa shape index (κ2) is 14.5. The quantitative estimate of drug-likeness (QED) is 0.249. The van der Waals surface area contributed by atoms with E-state index in [4.69, 9.17) is 0 Å². The Balaban J connectivity index is 0.797. The molecule has 0 bridgehead atoms. The molecule has 4 amide bonds. The number of aryl methyl sites for hydroxylation is 1. The zero-order valence-electron chi connectivity index (χ0n) is 31.0. The summed E-state index contributed by atoms with van der Waals surface area (Å²) in [6, 6.07) is 30.9. The molecule has 0 aromatic heterocycles. The molecule has 4 aromatic rings. The van der Waals surface area contributed by atoms with Gasteiger partial charge in [-0.05, 0) is 108 Å². The van der Waals surface area contributed by atoms with Crippen molar-refractivity contribution < 1.29 is 24.3 Å². The monoisotopic (exact) mass is 737 g/mol. The number of carbonyl (C=O) groups excluding carboxylic acids is 4. The maximum Gasteiger partial charge on any atom is 0.255 e. The van der Waals surface area contributed by atoms with Crippen molar-refractivity contribution in [1.82, 2.24) is 15.1 Å². The molecule has 3 atom stereocenters. The van der Waals surface area contributed by atoms with Crippen molar-refractivity contribution in [2.75, 3.05) is 49.1 Å². The summed E-state index contributed by atoms with van der Waals surface area (Å²) in [6.45, 7) is 4.90. The molecule has 1 unspecified atom stereocenters. The Morgan fingerprint density at radius 1 is 0.673 bits per heavy atom. The molecule has 9 rings (SSSR count). The Morgan fingerprint density at radius 3 is 2.15 bits per heavy atom. The van der Waals surface area contributed by atoms with Crippen LogP contribution in [0, 0.1) is 5.92 Å². The molecule has 2 N–H and O–H groups in total. The molecule has 10 nitrogen and oxygen atoms in total. The molecule has 4 heterocycles. The van der Waals surface area contributed by atoms with Gasteiger partial charge in [0.25, 0.3) is 5.91 Å². The molecule has 3 fully saturated rings. The average Bonchev–Trinajstić information content (AvgIpc) is 3.55. The van der Waals surface area contributed by atoms with E-state index in [-0.39, 0.29) is 36.0 Å². The number of hydrogen-bond acceptors (Lipinski definition) is 7. The van der Waals surface area contributed by atoms with Gasteiger partial charge in [0.15, 0.2) is 0 Å². The van der Waals surface area contributed by atoms with E-state index in [0.29, 0.717) is 43.3 Å². The second-order valence-electron chi connectivity index (χ2n) is 15.8. The number of piperidine rings is 2. The fraction of sp³-hybridized carbons (Fsp3) is 0.378. The Morgan fingerprint density at radius 2 is 1.40 bits per heavy atom. The first-order valence-corrected chi connectivity index (χ1v) is 19.8. The van der Waals surface area contributed by atoms with Gasteiger partial charge in [0, 0.05) is 81.0 Å². The number of phenols is 1. The third-order valence-corrected chi connectivity index (χ3v) is 12.7. The van der Waals surface area contributed by atoms with E-state index in [9.17, 15) is 24.3 Å². The Bertz CT molecular complexity index is 2120. The van der Waals surface area contributed by atoms with Crippen LogP contribution in [0.2, 0.25) is 0 Å². The number of fused-ring (bicyclic) bond motifs is 2. The maximum atomic E-state index is 13.7. The summed E-state index contributed by atoms with van der Waals surface area (Å²) in [6.07, 6.45) is 4.14. The number of hydrogen-bond donors (Lipinski definition) is 2. The molecule has 282 valence electrons. The fourth-order valence-corrected chi connectivity index (χ4v) is 9.76. The lowest BCUT2D eigenvalue weighted by atomic mass is 9.69. The standard InChI is InChI=1S/C45H47N5O5/c51-36-12-15-38-32(27-36)8-13-37(29-4-2-1-3-5-29)42(38)30-6-9-34(10-7-30)48-22-24-49(25-23-48)44(54)31-18-20-47(21-19-31)35-11-14-39-33(26-35)28-50(45(39)55)40-16-17-41(52)46-43(40)53/h1-7,9-12,14-15,26-27,31,37,40,42,51H,8,13,16-25,28H2,(H,46,52,53)/t37-,40?,42+/m1/s1. The third-order valence-electron chi connectivity index (χ3n) is 12.7. The van der Waals surface area contributed by atoms with Crippen molar-refractivity contribution in [3.63, 3.8) is 0 Å². The lowest BCUT2D eigenvalue weighted by Gasteiger charge is -2.40. The Hall–Kier alpha value is -5.64. The average molecular weight is 738 g/mol. The minimum Gasteiger partial charge on any atom is -0.508 e. The van der Waals surface area contributed by atoms with Gasteiger partial charge >= 0.3 is 0 Å². The first kappa shape index (κ1) is 35.1. The van der Waals surface area contributed by atoms with Crippen LogP contribution < -0.4 is 15.1 Å². The zero-order valence-corrected chi connectivity index (χ0v) is 31.0. The van der Waals surface area contributed by atoms with Gasteiger partial charge in [-0.3, -0.25) is 24.5 Å². The molecule has 10 heteroatoms. The predicted octanol–water partition coefficient (Wildman–Crippen LogP) is 5.58. The summed E-state index contributed by atoms with van der Waals surface area (Å²) in [7, 11) is 0. The van der Waals surface area contributed by atoms with Gasteiger partial charge in [-0.25, -0.2) is 0 Å². The van der Waals surface area contributed by atoms with Crippen molar-refractivity contribution in [2.45, 2.75) is 62.9 Å². The number of aromatic hydroxyl groups is 1. The number of amides is 4. The summed E-state index contributed by atoms with van der Waals surface area (Å²) in [5.41, 5.74) is 8.88. The molecule has 4 aromatic carbocycles. The number of benzene rings is 4. The predicted molar refractivity (Wildman–Crippen MR) is 210 cm³/mol. The maximum absolute atomic E-state index is 13.7. The van der Waals surface area contributed by atoms with Gasteiger partial charge in [-0.15, -0.1) is 0 Å². The van der Waals surface area contributed by atoms with E-state index < -0.39 is 11.9 Å². The van der Waals surface area contributed by atoms with E-state index in [1.807, 2.05) is 30.3 Å². The van der Waals surface area contributed by atoms with Gasteiger partial charge in [-0.1, -0.05) is 48.5 Å². The number of piperazine rings is 1. The SMILES string of the molecule is O=C1CCC(N2Cc3cc(N4CCC(C(=O)N5CCN(c6ccc([C@@H]7c8ccc(O)cc8CC[C@@H]7c7ccccc7)cc6)CC5)CC4)ccc3C2=O)C(=O)N1. The molecule has 4 aliphatic heterocycles. The van der Waals surface area contributed by atoms with Crippen molar-refractivity contribution in [3.8, 4) is 5.75 Å². The van der Waals surface area contributed by atoms with Gasteiger partial charge in [0.2, 0.25) is 17.7 Å². The number of phenolic OH excluding ortho intramolecular Hbond substituents is 1. The molecule has 0 radical (unpaired) electrons. The fourth-order valence-electron chi connectivity index (χ4n) is 9.76. The smallest absolute Gasteiger partial charge is 0.255 e. The largest absolute Gasteiger partial charge is 0.508 e. The van der Waals surface area contributed by atoms with Crippen LogP contribution in [-0.2, 0) is 27.3 Å². The van der Waals surface area contributed by atoms with E-state index in [1.54, 1.807) is 4.90 Å². The minimum absolute atomic E-state index is 0.000974. The normalized spacial score (nSPS) is 23.1. The number of nitrogens with one attached hydrogen (secondary N) is 1. The van der Waals surface area contributed by atoms with Crippen LogP contribution >= 0.6 is 0 Å². The van der Waals surface area contributed by atoms with Crippen molar-refractivity contribution >= 4 is 35.0 Å².